The average molecular weight is 253 g/mol. The van der Waals surface area contributed by atoms with Gasteiger partial charge in [-0.2, -0.15) is 4.31 Å². The monoisotopic (exact) mass is 253 g/mol. The molecule has 3 N–H and O–H groups in total. The van der Waals surface area contributed by atoms with Crippen molar-refractivity contribution in [1.82, 2.24) is 4.31 Å². The Bertz CT molecular complexity index is 326. The zero-order valence-electron chi connectivity index (χ0n) is 9.75. The molecule has 0 aliphatic carbocycles. The van der Waals surface area contributed by atoms with Gasteiger partial charge in [-0.3, -0.25) is 0 Å². The van der Waals surface area contributed by atoms with E-state index in [0.717, 1.165) is 4.31 Å². The summed E-state index contributed by atoms with van der Waals surface area (Å²) in [5, 5.41) is 11.0. The molecule has 0 bridgehead atoms. The Hall–Kier alpha value is -0.860. The maximum absolute atomic E-state index is 11.6. The fourth-order valence-corrected chi connectivity index (χ4v) is 1.85. The first-order valence-corrected chi connectivity index (χ1v) is 6.42. The fourth-order valence-electron chi connectivity index (χ4n) is 0.903. The van der Waals surface area contributed by atoms with E-state index in [4.69, 9.17) is 15.7 Å². The molecule has 0 aliphatic rings. The second-order valence-corrected chi connectivity index (χ2v) is 5.78. The molecule has 0 radical (unpaired) electrons. The number of likely N-dealkylation sites (N-methyl/N-ethyl adjacent to an activating group) is 1. The van der Waals surface area contributed by atoms with Gasteiger partial charge in [0.1, 0.15) is 0 Å². The van der Waals surface area contributed by atoms with E-state index in [9.17, 15) is 8.42 Å². The molecule has 0 spiro atoms. The summed E-state index contributed by atoms with van der Waals surface area (Å²) < 4.78 is 29.4. The summed E-state index contributed by atoms with van der Waals surface area (Å²) in [5.41, 5.74) is 5.21. The largest absolute Gasteiger partial charge is 0.409 e. The molecule has 0 atom stereocenters. The summed E-state index contributed by atoms with van der Waals surface area (Å²) in [6, 6.07) is 0. The molecule has 8 heteroatoms. The topological polar surface area (TPSA) is 105 Å². The van der Waals surface area contributed by atoms with Gasteiger partial charge >= 0.3 is 0 Å². The van der Waals surface area contributed by atoms with Gasteiger partial charge in [0.25, 0.3) is 0 Å². The number of hydrogen-bond donors (Lipinski definition) is 2. The van der Waals surface area contributed by atoms with Crippen molar-refractivity contribution in [2.24, 2.45) is 10.9 Å². The molecule has 0 saturated carbocycles. The quantitative estimate of drug-likeness (QED) is 0.273. The molecule has 0 saturated heterocycles. The Morgan fingerprint density at radius 2 is 2.12 bits per heavy atom. The number of ether oxygens (including phenoxy) is 1. The van der Waals surface area contributed by atoms with E-state index in [1.54, 1.807) is 0 Å². The first kappa shape index (κ1) is 15.1. The van der Waals surface area contributed by atoms with E-state index in [1.807, 2.05) is 13.8 Å². The molecule has 96 valence electrons. The number of nitrogens with zero attached hydrogens (tertiary/aromatic N) is 2. The second kappa shape index (κ2) is 6.66. The minimum atomic E-state index is -3.42. The molecule has 0 aliphatic heterocycles. The van der Waals surface area contributed by atoms with Crippen molar-refractivity contribution < 1.29 is 18.4 Å². The van der Waals surface area contributed by atoms with E-state index in [-0.39, 0.29) is 30.8 Å². The van der Waals surface area contributed by atoms with Crippen LogP contribution in [0.15, 0.2) is 5.16 Å². The van der Waals surface area contributed by atoms with E-state index >= 15 is 0 Å². The number of oxime groups is 1. The number of amidine groups is 1. The van der Waals surface area contributed by atoms with Gasteiger partial charge in [0.2, 0.25) is 10.0 Å². The molecule has 0 aromatic rings. The average Bonchev–Trinajstić information content (AvgIpc) is 2.16. The zero-order chi connectivity index (χ0) is 12.8. The molecule has 0 heterocycles. The molecule has 0 unspecified atom stereocenters. The first-order valence-electron chi connectivity index (χ1n) is 4.81. The smallest absolute Gasteiger partial charge is 0.216 e. The third-order valence-electron chi connectivity index (χ3n) is 1.78. The standard InChI is InChI=1S/C8H19N3O4S/c1-7(2)15-4-5-16(13,14)11(3)6-8(9)10-12/h7,12H,4-6H2,1-3H3,(H2,9,10). The summed E-state index contributed by atoms with van der Waals surface area (Å²) in [4.78, 5) is 0. The van der Waals surface area contributed by atoms with E-state index in [1.165, 1.54) is 7.05 Å². The third-order valence-corrected chi connectivity index (χ3v) is 3.54. The van der Waals surface area contributed by atoms with Gasteiger partial charge in [0.15, 0.2) is 5.84 Å². The van der Waals surface area contributed by atoms with Crippen molar-refractivity contribution in [2.75, 3.05) is 26.0 Å². The molecular formula is C8H19N3O4S. The predicted octanol–water partition coefficient (Wildman–Crippen LogP) is -0.581. The SMILES string of the molecule is CC(C)OCCS(=O)(=O)N(C)CC(N)=NO. The van der Waals surface area contributed by atoms with Gasteiger partial charge in [0, 0.05) is 7.05 Å². The lowest BCUT2D eigenvalue weighted by molar-refractivity contribution is 0.0908. The number of hydrogen-bond acceptors (Lipinski definition) is 5. The van der Waals surface area contributed by atoms with Gasteiger partial charge in [-0.15, -0.1) is 0 Å². The Labute approximate surface area is 95.9 Å². The minimum Gasteiger partial charge on any atom is -0.409 e. The highest BCUT2D eigenvalue weighted by atomic mass is 32.2. The lowest BCUT2D eigenvalue weighted by Crippen LogP contribution is -2.37. The Balaban J connectivity index is 4.22. The van der Waals surface area contributed by atoms with Crippen LogP contribution < -0.4 is 5.73 Å². The predicted molar refractivity (Wildman–Crippen MR) is 60.9 cm³/mol. The summed E-state index contributed by atoms with van der Waals surface area (Å²) in [6.07, 6.45) is -0.00965. The van der Waals surface area contributed by atoms with Crippen molar-refractivity contribution in [3.05, 3.63) is 0 Å². The number of nitrogens with two attached hydrogens (primary N) is 1. The molecule has 0 amide bonds. The lowest BCUT2D eigenvalue weighted by Gasteiger charge is -2.16. The molecule has 0 aromatic carbocycles. The van der Waals surface area contributed by atoms with Crippen LogP contribution >= 0.6 is 0 Å². The normalized spacial score (nSPS) is 13.7. The van der Waals surface area contributed by atoms with Crippen molar-refractivity contribution >= 4 is 15.9 Å². The van der Waals surface area contributed by atoms with Crippen molar-refractivity contribution in [3.8, 4) is 0 Å². The second-order valence-electron chi connectivity index (χ2n) is 3.58. The Morgan fingerprint density at radius 3 is 2.56 bits per heavy atom. The molecule has 0 fully saturated rings. The molecule has 0 aromatic heterocycles. The van der Waals surface area contributed by atoms with Gasteiger partial charge in [-0.1, -0.05) is 5.16 Å². The Morgan fingerprint density at radius 1 is 1.56 bits per heavy atom. The van der Waals surface area contributed by atoms with Crippen LogP contribution in [-0.4, -0.2) is 55.8 Å². The van der Waals surface area contributed by atoms with E-state index in [0.29, 0.717) is 0 Å². The molecule has 7 nitrogen and oxygen atoms in total. The first-order chi connectivity index (χ1) is 7.29. The maximum Gasteiger partial charge on any atom is 0.216 e. The van der Waals surface area contributed by atoms with Crippen LogP contribution in [0.1, 0.15) is 13.8 Å². The van der Waals surface area contributed by atoms with Crippen LogP contribution in [0.25, 0.3) is 0 Å². The van der Waals surface area contributed by atoms with Gasteiger partial charge in [-0.05, 0) is 13.8 Å². The van der Waals surface area contributed by atoms with Crippen LogP contribution in [0.2, 0.25) is 0 Å². The highest BCUT2D eigenvalue weighted by Crippen LogP contribution is 1.99. The van der Waals surface area contributed by atoms with Crippen LogP contribution in [0.3, 0.4) is 0 Å². The van der Waals surface area contributed by atoms with E-state index in [2.05, 4.69) is 5.16 Å². The molecular weight excluding hydrogens is 234 g/mol. The van der Waals surface area contributed by atoms with Crippen LogP contribution in [0.4, 0.5) is 0 Å². The van der Waals surface area contributed by atoms with Crippen molar-refractivity contribution in [3.63, 3.8) is 0 Å². The molecule has 0 rings (SSSR count). The van der Waals surface area contributed by atoms with Crippen LogP contribution in [0.5, 0.6) is 0 Å². The zero-order valence-corrected chi connectivity index (χ0v) is 10.6. The highest BCUT2D eigenvalue weighted by molar-refractivity contribution is 7.89. The van der Waals surface area contributed by atoms with Gasteiger partial charge < -0.3 is 15.7 Å². The summed E-state index contributed by atoms with van der Waals surface area (Å²) in [6.45, 7) is 3.64. The summed E-state index contributed by atoms with van der Waals surface area (Å²) in [5.74, 6) is -0.281. The summed E-state index contributed by atoms with van der Waals surface area (Å²) in [7, 11) is -2.06. The third kappa shape index (κ3) is 5.89. The maximum atomic E-state index is 11.6. The van der Waals surface area contributed by atoms with Crippen LogP contribution in [-0.2, 0) is 14.8 Å². The summed E-state index contributed by atoms with van der Waals surface area (Å²) >= 11 is 0. The van der Waals surface area contributed by atoms with Gasteiger partial charge in [-0.25, -0.2) is 8.42 Å². The fraction of sp³-hybridized carbons (Fsp3) is 0.875. The molecule has 16 heavy (non-hydrogen) atoms. The van der Waals surface area contributed by atoms with Gasteiger partial charge in [0.05, 0.1) is 25.0 Å². The lowest BCUT2D eigenvalue weighted by atomic mass is 10.5. The van der Waals surface area contributed by atoms with Crippen molar-refractivity contribution in [2.45, 2.75) is 20.0 Å². The van der Waals surface area contributed by atoms with Crippen molar-refractivity contribution in [1.29, 1.82) is 0 Å². The number of sulfonamides is 1. The van der Waals surface area contributed by atoms with E-state index < -0.39 is 10.0 Å². The highest BCUT2D eigenvalue weighted by Gasteiger charge is 2.18. The minimum absolute atomic E-state index is 0.00965. The Kier molecular flexibility index (Phi) is 6.31. The van der Waals surface area contributed by atoms with Crippen LogP contribution in [0, 0.1) is 0 Å². The number of rotatable bonds is 7.